The van der Waals surface area contributed by atoms with Crippen molar-refractivity contribution in [3.05, 3.63) is 59.7 Å². The van der Waals surface area contributed by atoms with E-state index in [0.717, 1.165) is 24.2 Å². The molecule has 0 saturated heterocycles. The number of hydrogen-bond acceptors (Lipinski definition) is 4. The van der Waals surface area contributed by atoms with Crippen molar-refractivity contribution in [3.63, 3.8) is 0 Å². The standard InChI is InChI=1S/C24H25NO4/c1-14(15-7-3-5-9-19(15)28-2)25-23(27)21-17-11-12-24(22(17)21)13-18(26)16-8-4-6-10-20(16)29-24/h3-10,14,17,21-22H,11-13H2,1-2H3,(H,25,27)/t14-,17+,21+,22-,24+/m0/s1. The van der Waals surface area contributed by atoms with Crippen LogP contribution in [0.25, 0.3) is 0 Å². The van der Waals surface area contributed by atoms with Crippen molar-refractivity contribution < 1.29 is 19.1 Å². The first kappa shape index (κ1) is 18.2. The van der Waals surface area contributed by atoms with E-state index < -0.39 is 5.60 Å². The number of methoxy groups -OCH3 is 1. The Morgan fingerprint density at radius 2 is 1.97 bits per heavy atom. The fraction of sp³-hybridized carbons (Fsp3) is 0.417. The minimum Gasteiger partial charge on any atom is -0.496 e. The molecule has 3 aliphatic rings. The van der Waals surface area contributed by atoms with Crippen molar-refractivity contribution in [2.75, 3.05) is 7.11 Å². The molecular weight excluding hydrogens is 366 g/mol. The number of ketones is 1. The highest BCUT2D eigenvalue weighted by atomic mass is 16.5. The van der Waals surface area contributed by atoms with Crippen LogP contribution in [-0.2, 0) is 4.79 Å². The number of para-hydroxylation sites is 2. The van der Waals surface area contributed by atoms with Gasteiger partial charge in [0.15, 0.2) is 5.78 Å². The Balaban J connectivity index is 1.32. The summed E-state index contributed by atoms with van der Waals surface area (Å²) in [5, 5.41) is 3.15. The van der Waals surface area contributed by atoms with Crippen molar-refractivity contribution in [1.29, 1.82) is 0 Å². The van der Waals surface area contributed by atoms with Crippen molar-refractivity contribution in [1.82, 2.24) is 5.32 Å². The second kappa shape index (κ2) is 6.61. The van der Waals surface area contributed by atoms with E-state index >= 15 is 0 Å². The molecular formula is C24H25NO4. The molecule has 1 amide bonds. The predicted octanol–water partition coefficient (Wildman–Crippen LogP) is 3.93. The second-order valence-electron chi connectivity index (χ2n) is 8.49. The zero-order chi connectivity index (χ0) is 20.2. The first-order valence-corrected chi connectivity index (χ1v) is 10.3. The van der Waals surface area contributed by atoms with Crippen LogP contribution in [0.2, 0.25) is 0 Å². The van der Waals surface area contributed by atoms with Crippen molar-refractivity contribution in [2.45, 2.75) is 37.8 Å². The molecule has 0 unspecified atom stereocenters. The van der Waals surface area contributed by atoms with Gasteiger partial charge in [-0.1, -0.05) is 30.3 Å². The van der Waals surface area contributed by atoms with E-state index in [4.69, 9.17) is 9.47 Å². The summed E-state index contributed by atoms with van der Waals surface area (Å²) in [7, 11) is 1.64. The zero-order valence-corrected chi connectivity index (χ0v) is 16.7. The average molecular weight is 391 g/mol. The van der Waals surface area contributed by atoms with Gasteiger partial charge in [-0.2, -0.15) is 0 Å². The van der Waals surface area contributed by atoms with E-state index in [1.54, 1.807) is 7.11 Å². The fourth-order valence-electron chi connectivity index (χ4n) is 5.53. The monoisotopic (exact) mass is 391 g/mol. The van der Waals surface area contributed by atoms with Crippen LogP contribution >= 0.6 is 0 Å². The summed E-state index contributed by atoms with van der Waals surface area (Å²) >= 11 is 0. The largest absolute Gasteiger partial charge is 0.496 e. The molecule has 2 aromatic carbocycles. The van der Waals surface area contributed by atoms with Crippen LogP contribution < -0.4 is 14.8 Å². The van der Waals surface area contributed by atoms with E-state index in [2.05, 4.69) is 5.32 Å². The maximum atomic E-state index is 13.1. The van der Waals surface area contributed by atoms with Crippen LogP contribution in [0.3, 0.4) is 0 Å². The van der Waals surface area contributed by atoms with Gasteiger partial charge in [0, 0.05) is 17.4 Å². The molecule has 5 heteroatoms. The molecule has 5 atom stereocenters. The van der Waals surface area contributed by atoms with Crippen LogP contribution in [0.4, 0.5) is 0 Å². The van der Waals surface area contributed by atoms with Crippen molar-refractivity contribution in [2.24, 2.45) is 17.8 Å². The summed E-state index contributed by atoms with van der Waals surface area (Å²) in [6, 6.07) is 15.0. The Labute approximate surface area is 170 Å². The van der Waals surface area contributed by atoms with Crippen molar-refractivity contribution >= 4 is 11.7 Å². The van der Waals surface area contributed by atoms with Crippen LogP contribution in [0.1, 0.15) is 48.1 Å². The molecule has 0 radical (unpaired) electrons. The maximum Gasteiger partial charge on any atom is 0.224 e. The summed E-state index contributed by atoms with van der Waals surface area (Å²) in [5.74, 6) is 1.94. The number of rotatable bonds is 4. The molecule has 2 aromatic rings. The van der Waals surface area contributed by atoms with Crippen molar-refractivity contribution in [3.8, 4) is 11.5 Å². The Bertz CT molecular complexity index is 986. The third kappa shape index (κ3) is 2.83. The molecule has 2 aliphatic carbocycles. The lowest BCUT2D eigenvalue weighted by Gasteiger charge is -2.37. The number of Topliss-reactive ketones (excluding diaryl/α,β-unsaturated/α-hetero) is 1. The molecule has 0 aromatic heterocycles. The maximum absolute atomic E-state index is 13.1. The minimum atomic E-state index is -0.522. The van der Waals surface area contributed by atoms with Gasteiger partial charge in [-0.05, 0) is 43.9 Å². The Morgan fingerprint density at radius 3 is 2.79 bits per heavy atom. The van der Waals surface area contributed by atoms with Gasteiger partial charge in [-0.15, -0.1) is 0 Å². The molecule has 5 nitrogen and oxygen atoms in total. The molecule has 1 N–H and O–H groups in total. The summed E-state index contributed by atoms with van der Waals surface area (Å²) in [6.07, 6.45) is 2.15. The van der Waals surface area contributed by atoms with Gasteiger partial charge >= 0.3 is 0 Å². The molecule has 150 valence electrons. The van der Waals surface area contributed by atoms with Gasteiger partial charge in [0.25, 0.3) is 0 Å². The van der Waals surface area contributed by atoms with Crippen LogP contribution in [-0.4, -0.2) is 24.4 Å². The third-order valence-electron chi connectivity index (χ3n) is 6.90. The van der Waals surface area contributed by atoms with E-state index in [1.807, 2.05) is 55.5 Å². The number of carbonyl (C=O) groups excluding carboxylic acids is 2. The highest BCUT2D eigenvalue weighted by Gasteiger charge is 2.70. The summed E-state index contributed by atoms with van der Waals surface area (Å²) in [5.41, 5.74) is 1.10. The van der Waals surface area contributed by atoms with Crippen LogP contribution in [0, 0.1) is 17.8 Å². The Kier molecular flexibility index (Phi) is 4.16. The van der Waals surface area contributed by atoms with Gasteiger partial charge in [0.1, 0.15) is 17.1 Å². The minimum absolute atomic E-state index is 0.0485. The fourth-order valence-corrected chi connectivity index (χ4v) is 5.53. The normalized spacial score (nSPS) is 30.1. The molecule has 1 spiro atoms. The Hall–Kier alpha value is -2.82. The second-order valence-corrected chi connectivity index (χ2v) is 8.49. The molecule has 5 rings (SSSR count). The number of benzene rings is 2. The van der Waals surface area contributed by atoms with Gasteiger partial charge in [0.2, 0.25) is 5.91 Å². The van der Waals surface area contributed by atoms with E-state index in [-0.39, 0.29) is 29.6 Å². The van der Waals surface area contributed by atoms with E-state index in [1.165, 1.54) is 0 Å². The quantitative estimate of drug-likeness (QED) is 0.858. The summed E-state index contributed by atoms with van der Waals surface area (Å²) < 4.78 is 11.8. The number of hydrogen-bond donors (Lipinski definition) is 1. The number of nitrogens with one attached hydrogen (secondary N) is 1. The lowest BCUT2D eigenvalue weighted by atomic mass is 9.84. The number of ether oxygens (including phenoxy) is 2. The molecule has 2 saturated carbocycles. The van der Waals surface area contributed by atoms with Gasteiger partial charge in [-0.25, -0.2) is 0 Å². The highest BCUT2D eigenvalue weighted by Crippen LogP contribution is 2.65. The topological polar surface area (TPSA) is 64.6 Å². The molecule has 1 aliphatic heterocycles. The van der Waals surface area contributed by atoms with Gasteiger partial charge in [0.05, 0.1) is 25.1 Å². The third-order valence-corrected chi connectivity index (χ3v) is 6.90. The van der Waals surface area contributed by atoms with Gasteiger partial charge in [-0.3, -0.25) is 9.59 Å². The van der Waals surface area contributed by atoms with E-state index in [9.17, 15) is 9.59 Å². The van der Waals surface area contributed by atoms with Crippen LogP contribution in [0.15, 0.2) is 48.5 Å². The average Bonchev–Trinajstić information content (AvgIpc) is 3.39. The first-order chi connectivity index (χ1) is 14.0. The molecule has 2 fully saturated rings. The number of fused-ring (bicyclic) bond motifs is 3. The molecule has 0 bridgehead atoms. The zero-order valence-electron chi connectivity index (χ0n) is 16.7. The Morgan fingerprint density at radius 1 is 1.21 bits per heavy atom. The summed E-state index contributed by atoms with van der Waals surface area (Å²) in [6.45, 7) is 1.97. The SMILES string of the molecule is COc1ccccc1[C@H](C)NC(=O)[C@@H]1[C@H]2CC[C@@]3(CC(=O)c4ccccc4O3)[C@@H]21. The number of carbonyl (C=O) groups is 2. The smallest absolute Gasteiger partial charge is 0.224 e. The lowest BCUT2D eigenvalue weighted by molar-refractivity contribution is -0.124. The molecule has 1 heterocycles. The highest BCUT2D eigenvalue weighted by molar-refractivity contribution is 6.00. The van der Waals surface area contributed by atoms with Gasteiger partial charge < -0.3 is 14.8 Å². The molecule has 29 heavy (non-hydrogen) atoms. The van der Waals surface area contributed by atoms with Crippen LogP contribution in [0.5, 0.6) is 11.5 Å². The summed E-state index contributed by atoms with van der Waals surface area (Å²) in [4.78, 5) is 25.8. The number of amides is 1. The van der Waals surface area contributed by atoms with E-state index in [0.29, 0.717) is 23.7 Å². The first-order valence-electron chi connectivity index (χ1n) is 10.3. The predicted molar refractivity (Wildman–Crippen MR) is 108 cm³/mol. The lowest BCUT2D eigenvalue weighted by Crippen LogP contribution is -2.44.